The number of benzene rings is 2. The molecule has 0 saturated carbocycles. The second-order valence-corrected chi connectivity index (χ2v) is 5.49. The largest absolute Gasteiger partial charge is 0.310 e. The number of likely N-dealkylation sites (N-methyl/N-ethyl adjacent to an activating group) is 1. The van der Waals surface area contributed by atoms with E-state index in [-0.39, 0.29) is 17.7 Å². The van der Waals surface area contributed by atoms with Gasteiger partial charge in [0.1, 0.15) is 11.6 Å². The van der Waals surface area contributed by atoms with Gasteiger partial charge in [0, 0.05) is 16.1 Å². The summed E-state index contributed by atoms with van der Waals surface area (Å²) in [5, 5.41) is 3.21. The minimum atomic E-state index is -0.271. The van der Waals surface area contributed by atoms with Crippen LogP contribution in [-0.2, 0) is 6.42 Å². The molecule has 1 unspecified atom stereocenters. The zero-order valence-electron chi connectivity index (χ0n) is 11.2. The molecule has 0 aliphatic heterocycles. The standard InChI is InChI=1S/C16H16BrF2N/c1-2-20-16(13-5-3-4-6-15(13)19)10-11-9-12(17)7-8-14(11)18/h3-9,16,20H,2,10H2,1H3. The molecular formula is C16H16BrF2N. The Labute approximate surface area is 126 Å². The minimum Gasteiger partial charge on any atom is -0.310 e. The predicted octanol–water partition coefficient (Wildman–Crippen LogP) is 4.62. The molecular weight excluding hydrogens is 324 g/mol. The molecule has 2 aromatic carbocycles. The molecule has 1 nitrogen and oxygen atoms in total. The smallest absolute Gasteiger partial charge is 0.127 e. The molecule has 0 heterocycles. The van der Waals surface area contributed by atoms with Crippen molar-refractivity contribution in [2.45, 2.75) is 19.4 Å². The normalized spacial score (nSPS) is 12.4. The van der Waals surface area contributed by atoms with Gasteiger partial charge in [-0.2, -0.15) is 0 Å². The van der Waals surface area contributed by atoms with Gasteiger partial charge in [-0.05, 0) is 42.8 Å². The molecule has 20 heavy (non-hydrogen) atoms. The molecule has 2 rings (SSSR count). The number of rotatable bonds is 5. The van der Waals surface area contributed by atoms with Crippen molar-refractivity contribution in [3.63, 3.8) is 0 Å². The van der Waals surface area contributed by atoms with E-state index in [9.17, 15) is 8.78 Å². The van der Waals surface area contributed by atoms with Crippen molar-refractivity contribution in [2.75, 3.05) is 6.54 Å². The van der Waals surface area contributed by atoms with Crippen molar-refractivity contribution in [2.24, 2.45) is 0 Å². The first kappa shape index (κ1) is 15.1. The Kier molecular flexibility index (Phi) is 5.26. The van der Waals surface area contributed by atoms with Crippen molar-refractivity contribution < 1.29 is 8.78 Å². The molecule has 0 bridgehead atoms. The van der Waals surface area contributed by atoms with Gasteiger partial charge in [-0.25, -0.2) is 8.78 Å². The van der Waals surface area contributed by atoms with E-state index >= 15 is 0 Å². The third-order valence-corrected chi connectivity index (χ3v) is 3.66. The highest BCUT2D eigenvalue weighted by Crippen LogP contribution is 2.24. The first-order valence-corrected chi connectivity index (χ1v) is 7.33. The van der Waals surface area contributed by atoms with Gasteiger partial charge in [0.2, 0.25) is 0 Å². The molecule has 0 radical (unpaired) electrons. The van der Waals surface area contributed by atoms with Crippen molar-refractivity contribution in [1.82, 2.24) is 5.32 Å². The molecule has 0 spiro atoms. The summed E-state index contributed by atoms with van der Waals surface area (Å²) in [6, 6.07) is 11.2. The molecule has 0 aliphatic carbocycles. The van der Waals surface area contributed by atoms with Gasteiger partial charge in [-0.15, -0.1) is 0 Å². The Balaban J connectivity index is 2.30. The Bertz CT molecular complexity index is 586. The first-order valence-electron chi connectivity index (χ1n) is 6.53. The van der Waals surface area contributed by atoms with E-state index in [1.807, 2.05) is 6.92 Å². The summed E-state index contributed by atoms with van der Waals surface area (Å²) in [6.07, 6.45) is 0.403. The van der Waals surface area contributed by atoms with Crippen LogP contribution in [0.2, 0.25) is 0 Å². The molecule has 2 aromatic rings. The Morgan fingerprint density at radius 2 is 1.85 bits per heavy atom. The van der Waals surface area contributed by atoms with Gasteiger partial charge in [0.05, 0.1) is 0 Å². The molecule has 1 atom stereocenters. The van der Waals surface area contributed by atoms with E-state index in [0.29, 0.717) is 24.1 Å². The maximum Gasteiger partial charge on any atom is 0.127 e. The predicted molar refractivity (Wildman–Crippen MR) is 80.6 cm³/mol. The Hall–Kier alpha value is -1.26. The SMILES string of the molecule is CCNC(Cc1cc(Br)ccc1F)c1ccccc1F. The highest BCUT2D eigenvalue weighted by molar-refractivity contribution is 9.10. The highest BCUT2D eigenvalue weighted by atomic mass is 79.9. The fraction of sp³-hybridized carbons (Fsp3) is 0.250. The van der Waals surface area contributed by atoms with Crippen molar-refractivity contribution >= 4 is 15.9 Å². The average Bonchev–Trinajstić information content (AvgIpc) is 2.43. The van der Waals surface area contributed by atoms with Gasteiger partial charge < -0.3 is 5.32 Å². The van der Waals surface area contributed by atoms with Crippen LogP contribution in [0.4, 0.5) is 8.78 Å². The lowest BCUT2D eigenvalue weighted by atomic mass is 9.98. The molecule has 0 fully saturated rings. The topological polar surface area (TPSA) is 12.0 Å². The van der Waals surface area contributed by atoms with Crippen LogP contribution in [-0.4, -0.2) is 6.54 Å². The van der Waals surface area contributed by atoms with E-state index in [1.165, 1.54) is 12.1 Å². The van der Waals surface area contributed by atoms with Gasteiger partial charge in [-0.1, -0.05) is 41.1 Å². The van der Waals surface area contributed by atoms with Crippen molar-refractivity contribution in [3.05, 3.63) is 69.7 Å². The van der Waals surface area contributed by atoms with E-state index in [1.54, 1.807) is 30.3 Å². The van der Waals surface area contributed by atoms with Crippen LogP contribution >= 0.6 is 15.9 Å². The summed E-state index contributed by atoms with van der Waals surface area (Å²) >= 11 is 3.33. The van der Waals surface area contributed by atoms with Crippen LogP contribution in [0.1, 0.15) is 24.1 Å². The van der Waals surface area contributed by atoms with Gasteiger partial charge in [-0.3, -0.25) is 0 Å². The summed E-state index contributed by atoms with van der Waals surface area (Å²) < 4.78 is 28.6. The van der Waals surface area contributed by atoms with Crippen LogP contribution in [0.5, 0.6) is 0 Å². The molecule has 106 valence electrons. The lowest BCUT2D eigenvalue weighted by Gasteiger charge is -2.19. The number of nitrogens with one attached hydrogen (secondary N) is 1. The van der Waals surface area contributed by atoms with Crippen LogP contribution in [0.25, 0.3) is 0 Å². The van der Waals surface area contributed by atoms with E-state index in [0.717, 1.165) is 4.47 Å². The fourth-order valence-electron chi connectivity index (χ4n) is 2.22. The minimum absolute atomic E-state index is 0.245. The quantitative estimate of drug-likeness (QED) is 0.837. The second-order valence-electron chi connectivity index (χ2n) is 4.57. The molecule has 4 heteroatoms. The molecule has 0 saturated heterocycles. The van der Waals surface area contributed by atoms with Crippen LogP contribution in [0, 0.1) is 11.6 Å². The highest BCUT2D eigenvalue weighted by Gasteiger charge is 2.17. The maximum absolute atomic E-state index is 13.9. The van der Waals surface area contributed by atoms with Crippen molar-refractivity contribution in [3.8, 4) is 0 Å². The number of hydrogen-bond acceptors (Lipinski definition) is 1. The summed E-state index contributed by atoms with van der Waals surface area (Å²) in [7, 11) is 0. The molecule has 0 aromatic heterocycles. The maximum atomic E-state index is 13.9. The fourth-order valence-corrected chi connectivity index (χ4v) is 2.62. The van der Waals surface area contributed by atoms with Crippen LogP contribution in [0.15, 0.2) is 46.9 Å². The van der Waals surface area contributed by atoms with Crippen LogP contribution < -0.4 is 5.32 Å². The Morgan fingerprint density at radius 3 is 2.55 bits per heavy atom. The van der Waals surface area contributed by atoms with Gasteiger partial charge in [0.25, 0.3) is 0 Å². The molecule has 1 N–H and O–H groups in total. The second kappa shape index (κ2) is 6.95. The molecule has 0 aliphatic rings. The summed E-state index contributed by atoms with van der Waals surface area (Å²) in [4.78, 5) is 0. The third-order valence-electron chi connectivity index (χ3n) is 3.16. The first-order chi connectivity index (χ1) is 9.61. The Morgan fingerprint density at radius 1 is 1.10 bits per heavy atom. The molecule has 0 amide bonds. The van der Waals surface area contributed by atoms with E-state index < -0.39 is 0 Å². The van der Waals surface area contributed by atoms with E-state index in [4.69, 9.17) is 0 Å². The van der Waals surface area contributed by atoms with Gasteiger partial charge in [0.15, 0.2) is 0 Å². The van der Waals surface area contributed by atoms with Crippen molar-refractivity contribution in [1.29, 1.82) is 0 Å². The van der Waals surface area contributed by atoms with Crippen LogP contribution in [0.3, 0.4) is 0 Å². The zero-order chi connectivity index (χ0) is 14.5. The lowest BCUT2D eigenvalue weighted by molar-refractivity contribution is 0.498. The average molecular weight is 340 g/mol. The monoisotopic (exact) mass is 339 g/mol. The summed E-state index contributed by atoms with van der Waals surface area (Å²) in [6.45, 7) is 2.64. The number of hydrogen-bond donors (Lipinski definition) is 1. The third kappa shape index (κ3) is 3.64. The van der Waals surface area contributed by atoms with Gasteiger partial charge >= 0.3 is 0 Å². The summed E-state index contributed by atoms with van der Waals surface area (Å²) in [5.74, 6) is -0.540. The number of halogens is 3. The summed E-state index contributed by atoms with van der Waals surface area (Å²) in [5.41, 5.74) is 1.13. The van der Waals surface area contributed by atoms with E-state index in [2.05, 4.69) is 21.2 Å². The lowest BCUT2D eigenvalue weighted by Crippen LogP contribution is -2.24. The zero-order valence-corrected chi connectivity index (χ0v) is 12.8.